The molecule has 0 unspecified atom stereocenters. The monoisotopic (exact) mass is 182 g/mol. The summed E-state index contributed by atoms with van der Waals surface area (Å²) in [6.07, 6.45) is 1.95. The molecule has 11 heavy (non-hydrogen) atoms. The number of ether oxygens (including phenoxy) is 1. The van der Waals surface area contributed by atoms with Gasteiger partial charge in [0.2, 0.25) is 0 Å². The van der Waals surface area contributed by atoms with Gasteiger partial charge in [0, 0.05) is 6.61 Å². The molecule has 0 saturated heterocycles. The Hall–Kier alpha value is -0.130. The van der Waals surface area contributed by atoms with Gasteiger partial charge < -0.3 is 4.74 Å². The van der Waals surface area contributed by atoms with Gasteiger partial charge >= 0.3 is 0 Å². The van der Waals surface area contributed by atoms with Crippen LogP contribution in [0.2, 0.25) is 0 Å². The molecule has 5 heteroatoms. The molecule has 0 heterocycles. The fraction of sp³-hybridized carbons (Fsp3) is 1.00. The van der Waals surface area contributed by atoms with E-state index in [1.165, 1.54) is 0 Å². The van der Waals surface area contributed by atoms with E-state index in [4.69, 9.17) is 4.74 Å². The van der Waals surface area contributed by atoms with Crippen LogP contribution in [0.15, 0.2) is 0 Å². The zero-order chi connectivity index (χ0) is 8.74. The molecule has 0 radical (unpaired) electrons. The van der Waals surface area contributed by atoms with Gasteiger partial charge in [0.1, 0.15) is 0 Å². The van der Waals surface area contributed by atoms with E-state index in [9.17, 15) is 8.42 Å². The lowest BCUT2D eigenvalue weighted by Gasteiger charge is -2.01. The van der Waals surface area contributed by atoms with Gasteiger partial charge in [0.15, 0.2) is 0 Å². The lowest BCUT2D eigenvalue weighted by atomic mass is 10.5. The van der Waals surface area contributed by atoms with E-state index < -0.39 is 10.1 Å². The van der Waals surface area contributed by atoms with Crippen LogP contribution in [0, 0.1) is 0 Å². The minimum absolute atomic E-state index is 0.110. The van der Waals surface area contributed by atoms with E-state index in [0.29, 0.717) is 13.2 Å². The molecule has 0 bridgehead atoms. The molecule has 0 aromatic carbocycles. The summed E-state index contributed by atoms with van der Waals surface area (Å²) in [5, 5.41) is 0. The smallest absolute Gasteiger partial charge is 0.264 e. The molecule has 0 aliphatic heterocycles. The van der Waals surface area contributed by atoms with Gasteiger partial charge in [-0.3, -0.25) is 4.18 Å². The number of rotatable bonds is 6. The van der Waals surface area contributed by atoms with Crippen molar-refractivity contribution in [1.29, 1.82) is 0 Å². The summed E-state index contributed by atoms with van der Waals surface area (Å²) in [6, 6.07) is 0. The van der Waals surface area contributed by atoms with Crippen molar-refractivity contribution in [2.24, 2.45) is 0 Å². The molecular weight excluding hydrogens is 168 g/mol. The first-order valence-corrected chi connectivity index (χ1v) is 5.30. The van der Waals surface area contributed by atoms with E-state index >= 15 is 0 Å². The molecule has 4 nitrogen and oxygen atoms in total. The number of hydrogen-bond donors (Lipinski definition) is 0. The predicted octanol–water partition coefficient (Wildman–Crippen LogP) is 0.389. The van der Waals surface area contributed by atoms with Gasteiger partial charge in [0.25, 0.3) is 10.1 Å². The Labute approximate surface area is 67.6 Å². The van der Waals surface area contributed by atoms with E-state index in [-0.39, 0.29) is 6.61 Å². The molecule has 0 rings (SSSR count). The maximum atomic E-state index is 10.4. The summed E-state index contributed by atoms with van der Waals surface area (Å²) in [4.78, 5) is 0. The van der Waals surface area contributed by atoms with Crippen LogP contribution in [0.3, 0.4) is 0 Å². The largest absolute Gasteiger partial charge is 0.379 e. The predicted molar refractivity (Wildman–Crippen MR) is 41.9 cm³/mol. The van der Waals surface area contributed by atoms with Crippen LogP contribution in [-0.2, 0) is 19.0 Å². The van der Waals surface area contributed by atoms with Crippen LogP contribution in [0.1, 0.15) is 13.3 Å². The van der Waals surface area contributed by atoms with Crippen molar-refractivity contribution >= 4 is 10.1 Å². The highest BCUT2D eigenvalue weighted by Gasteiger charge is 1.99. The first-order chi connectivity index (χ1) is 5.06. The van der Waals surface area contributed by atoms with E-state index in [0.717, 1.165) is 12.7 Å². The fourth-order valence-corrected chi connectivity index (χ4v) is 0.862. The van der Waals surface area contributed by atoms with E-state index in [2.05, 4.69) is 4.18 Å². The molecule has 68 valence electrons. The Morgan fingerprint density at radius 2 is 1.82 bits per heavy atom. The Kier molecular flexibility index (Phi) is 5.45. The third-order valence-corrected chi connectivity index (χ3v) is 1.47. The van der Waals surface area contributed by atoms with Crippen molar-refractivity contribution in [2.75, 3.05) is 26.1 Å². The molecule has 0 aromatic heterocycles. The Balaban J connectivity index is 3.16. The molecule has 0 spiro atoms. The van der Waals surface area contributed by atoms with Gasteiger partial charge in [-0.2, -0.15) is 8.42 Å². The van der Waals surface area contributed by atoms with Crippen molar-refractivity contribution in [3.8, 4) is 0 Å². The lowest BCUT2D eigenvalue weighted by molar-refractivity contribution is 0.103. The third-order valence-electron chi connectivity index (χ3n) is 0.874. The Morgan fingerprint density at radius 3 is 2.27 bits per heavy atom. The average Bonchev–Trinajstić information content (AvgIpc) is 1.85. The molecule has 0 N–H and O–H groups in total. The van der Waals surface area contributed by atoms with Crippen molar-refractivity contribution in [3.63, 3.8) is 0 Å². The van der Waals surface area contributed by atoms with Gasteiger partial charge in [-0.1, -0.05) is 6.92 Å². The fourth-order valence-electron chi connectivity index (χ4n) is 0.491. The van der Waals surface area contributed by atoms with Gasteiger partial charge in [-0.25, -0.2) is 0 Å². The molecule has 0 atom stereocenters. The SMILES string of the molecule is CCCOCCOS(C)(=O)=O. The molecule has 0 fully saturated rings. The highest BCUT2D eigenvalue weighted by molar-refractivity contribution is 7.85. The standard InChI is InChI=1S/C6H14O4S/c1-3-4-9-5-6-10-11(2,7)8/h3-6H2,1-2H3. The minimum atomic E-state index is -3.29. The van der Waals surface area contributed by atoms with Crippen molar-refractivity contribution in [3.05, 3.63) is 0 Å². The maximum absolute atomic E-state index is 10.4. The van der Waals surface area contributed by atoms with Gasteiger partial charge in [-0.15, -0.1) is 0 Å². The van der Waals surface area contributed by atoms with Crippen molar-refractivity contribution < 1.29 is 17.3 Å². The number of hydrogen-bond acceptors (Lipinski definition) is 4. The molecule has 0 saturated carbocycles. The van der Waals surface area contributed by atoms with Crippen LogP contribution >= 0.6 is 0 Å². The minimum Gasteiger partial charge on any atom is -0.379 e. The average molecular weight is 182 g/mol. The zero-order valence-corrected chi connectivity index (χ0v) is 7.69. The molecule has 0 amide bonds. The summed E-state index contributed by atoms with van der Waals surface area (Å²) in [5.74, 6) is 0. The first-order valence-electron chi connectivity index (χ1n) is 3.48. The summed E-state index contributed by atoms with van der Waals surface area (Å²) < 4.78 is 30.2. The van der Waals surface area contributed by atoms with Crippen LogP contribution < -0.4 is 0 Å². The topological polar surface area (TPSA) is 52.6 Å². The van der Waals surface area contributed by atoms with Crippen LogP contribution in [-0.4, -0.2) is 34.5 Å². The van der Waals surface area contributed by atoms with Crippen LogP contribution in [0.25, 0.3) is 0 Å². The summed E-state index contributed by atoms with van der Waals surface area (Å²) >= 11 is 0. The van der Waals surface area contributed by atoms with E-state index in [1.54, 1.807) is 0 Å². The molecule has 0 aliphatic rings. The highest BCUT2D eigenvalue weighted by atomic mass is 32.2. The molecular formula is C6H14O4S. The normalized spacial score (nSPS) is 11.8. The Bertz CT molecular complexity index is 173. The highest BCUT2D eigenvalue weighted by Crippen LogP contribution is 1.87. The quantitative estimate of drug-likeness (QED) is 0.440. The van der Waals surface area contributed by atoms with E-state index in [1.807, 2.05) is 6.92 Å². The second kappa shape index (κ2) is 5.51. The lowest BCUT2D eigenvalue weighted by Crippen LogP contribution is -2.09. The van der Waals surface area contributed by atoms with Crippen molar-refractivity contribution in [1.82, 2.24) is 0 Å². The summed E-state index contributed by atoms with van der Waals surface area (Å²) in [7, 11) is -3.29. The first kappa shape index (κ1) is 10.9. The molecule has 0 aromatic rings. The van der Waals surface area contributed by atoms with Crippen molar-refractivity contribution in [2.45, 2.75) is 13.3 Å². The van der Waals surface area contributed by atoms with Gasteiger partial charge in [-0.05, 0) is 6.42 Å². The van der Waals surface area contributed by atoms with Crippen LogP contribution in [0.5, 0.6) is 0 Å². The summed E-state index contributed by atoms with van der Waals surface area (Å²) in [5.41, 5.74) is 0. The second-order valence-electron chi connectivity index (χ2n) is 2.14. The zero-order valence-electron chi connectivity index (χ0n) is 6.87. The second-order valence-corrected chi connectivity index (χ2v) is 3.78. The summed E-state index contributed by atoms with van der Waals surface area (Å²) in [6.45, 7) is 3.07. The van der Waals surface area contributed by atoms with Gasteiger partial charge in [0.05, 0.1) is 19.5 Å². The molecule has 0 aliphatic carbocycles. The third kappa shape index (κ3) is 9.87. The van der Waals surface area contributed by atoms with Crippen LogP contribution in [0.4, 0.5) is 0 Å². The Morgan fingerprint density at radius 1 is 1.18 bits per heavy atom. The maximum Gasteiger partial charge on any atom is 0.264 e.